The normalized spacial score (nSPS) is 18.1. The lowest BCUT2D eigenvalue weighted by Gasteiger charge is -2.25. The number of guanidine groups is 1. The number of aliphatic imine (C=N–C) groups is 1. The van der Waals surface area contributed by atoms with Crippen molar-refractivity contribution in [3.05, 3.63) is 77.6 Å². The van der Waals surface area contributed by atoms with E-state index in [0.717, 1.165) is 0 Å². The van der Waals surface area contributed by atoms with E-state index in [-0.39, 0.29) is 17.8 Å². The second-order valence-electron chi connectivity index (χ2n) is 7.45. The van der Waals surface area contributed by atoms with Crippen molar-refractivity contribution < 1.29 is 14.0 Å². The average Bonchev–Trinajstić information content (AvgIpc) is 3.34. The van der Waals surface area contributed by atoms with Gasteiger partial charge in [-0.15, -0.1) is 0 Å². The Morgan fingerprint density at radius 3 is 2.62 bits per heavy atom. The third-order valence-corrected chi connectivity index (χ3v) is 5.71. The van der Waals surface area contributed by atoms with Gasteiger partial charge in [0.1, 0.15) is 5.69 Å². The molecule has 0 bridgehead atoms. The van der Waals surface area contributed by atoms with Crippen LogP contribution in [0, 0.1) is 5.95 Å². The lowest BCUT2D eigenvalue weighted by Crippen LogP contribution is -2.41. The van der Waals surface area contributed by atoms with E-state index in [1.165, 1.54) is 11.1 Å². The summed E-state index contributed by atoms with van der Waals surface area (Å²) in [5, 5.41) is 2.61. The van der Waals surface area contributed by atoms with Gasteiger partial charge in [0, 0.05) is 44.2 Å². The Hall–Kier alpha value is -4.01. The molecule has 1 aliphatic rings. The van der Waals surface area contributed by atoms with Gasteiger partial charge in [-0.2, -0.15) is 4.39 Å². The molecular formula is C23H23FN6O2. The molecule has 3 aromatic rings. The zero-order chi connectivity index (χ0) is 23.0. The topological polar surface area (TPSA) is 106 Å². The van der Waals surface area contributed by atoms with Crippen LogP contribution in [-0.2, 0) is 16.9 Å². The number of aryl methyl sites for hydroxylation is 1. The van der Waals surface area contributed by atoms with Gasteiger partial charge < -0.3 is 15.6 Å². The first-order valence-electron chi connectivity index (χ1n) is 10.1. The van der Waals surface area contributed by atoms with Gasteiger partial charge in [0.25, 0.3) is 11.8 Å². The minimum absolute atomic E-state index is 0.0544. The van der Waals surface area contributed by atoms with Crippen LogP contribution in [-0.4, -0.2) is 46.3 Å². The average molecular weight is 434 g/mol. The quantitative estimate of drug-likeness (QED) is 0.600. The fourth-order valence-electron chi connectivity index (χ4n) is 3.99. The number of nitrogens with two attached hydrogens (primary N) is 1. The Morgan fingerprint density at radius 2 is 2.00 bits per heavy atom. The summed E-state index contributed by atoms with van der Waals surface area (Å²) in [6.07, 6.45) is 3.11. The van der Waals surface area contributed by atoms with Gasteiger partial charge in [0.15, 0.2) is 11.5 Å². The van der Waals surface area contributed by atoms with Crippen LogP contribution in [0.2, 0.25) is 0 Å². The summed E-state index contributed by atoms with van der Waals surface area (Å²) in [5.74, 6) is -1.21. The van der Waals surface area contributed by atoms with Crippen LogP contribution in [0.15, 0.2) is 59.9 Å². The molecule has 0 spiro atoms. The van der Waals surface area contributed by atoms with E-state index >= 15 is 0 Å². The first-order valence-corrected chi connectivity index (χ1v) is 10.1. The largest absolute Gasteiger partial charge is 0.369 e. The van der Waals surface area contributed by atoms with Crippen molar-refractivity contribution in [1.82, 2.24) is 19.8 Å². The number of pyridine rings is 1. The number of aromatic nitrogens is 2. The summed E-state index contributed by atoms with van der Waals surface area (Å²) in [6.45, 7) is 2.41. The highest BCUT2D eigenvalue weighted by molar-refractivity contribution is 6.09. The lowest BCUT2D eigenvalue weighted by molar-refractivity contribution is -0.129. The second kappa shape index (κ2) is 7.92. The molecule has 1 unspecified atom stereocenters. The molecule has 0 saturated heterocycles. The smallest absolute Gasteiger partial charge is 0.267 e. The number of hydrogen-bond acceptors (Lipinski definition) is 5. The molecule has 0 aliphatic carbocycles. The van der Waals surface area contributed by atoms with E-state index in [9.17, 15) is 14.0 Å². The number of nitrogens with one attached hydrogen (secondary N) is 1. The van der Waals surface area contributed by atoms with Gasteiger partial charge in [-0.05, 0) is 42.3 Å². The molecule has 3 N–H and O–H groups in total. The van der Waals surface area contributed by atoms with Crippen LogP contribution in [0.3, 0.4) is 0 Å². The molecule has 4 rings (SSSR count). The molecule has 8 nitrogen and oxygen atoms in total. The molecular weight excluding hydrogens is 411 g/mol. The van der Waals surface area contributed by atoms with Crippen LogP contribution >= 0.6 is 0 Å². The molecule has 0 radical (unpaired) electrons. The lowest BCUT2D eigenvalue weighted by atomic mass is 9.83. The van der Waals surface area contributed by atoms with Gasteiger partial charge in [-0.25, -0.2) is 9.98 Å². The van der Waals surface area contributed by atoms with Crippen molar-refractivity contribution in [2.45, 2.75) is 19.0 Å². The van der Waals surface area contributed by atoms with Crippen molar-refractivity contribution in [2.75, 3.05) is 14.1 Å². The number of benzene rings is 1. The van der Waals surface area contributed by atoms with E-state index in [1.807, 2.05) is 6.92 Å². The van der Waals surface area contributed by atoms with Crippen molar-refractivity contribution in [3.63, 3.8) is 0 Å². The molecule has 1 aromatic carbocycles. The SMILES string of the molecule is CCn1cc(C2(c3cccc(-c4cccnc4F)c3)N=C(N)N(C)C2=O)cc1C(=O)NC. The first kappa shape index (κ1) is 21.2. The predicted octanol–water partition coefficient (Wildman–Crippen LogP) is 2.10. The van der Waals surface area contributed by atoms with Crippen molar-refractivity contribution in [3.8, 4) is 11.1 Å². The number of likely N-dealkylation sites (N-methyl/N-ethyl adjacent to an activating group) is 1. The Balaban J connectivity index is 1.96. The summed E-state index contributed by atoms with van der Waals surface area (Å²) in [7, 11) is 3.09. The molecule has 3 heterocycles. The highest BCUT2D eigenvalue weighted by Gasteiger charge is 2.50. The summed E-state index contributed by atoms with van der Waals surface area (Å²) in [5.41, 5.74) is 6.80. The molecule has 0 fully saturated rings. The maximum Gasteiger partial charge on any atom is 0.267 e. The molecule has 0 saturated carbocycles. The Bertz CT molecular complexity index is 1250. The van der Waals surface area contributed by atoms with Crippen LogP contribution in [0.1, 0.15) is 28.5 Å². The van der Waals surface area contributed by atoms with Crippen molar-refractivity contribution in [1.29, 1.82) is 0 Å². The zero-order valence-corrected chi connectivity index (χ0v) is 18.0. The summed E-state index contributed by atoms with van der Waals surface area (Å²) >= 11 is 0. The fraction of sp³-hybridized carbons (Fsp3) is 0.217. The van der Waals surface area contributed by atoms with Crippen LogP contribution in [0.4, 0.5) is 4.39 Å². The minimum atomic E-state index is -1.50. The Kier molecular flexibility index (Phi) is 5.25. The molecule has 2 aromatic heterocycles. The second-order valence-corrected chi connectivity index (χ2v) is 7.45. The summed E-state index contributed by atoms with van der Waals surface area (Å²) < 4.78 is 16.1. The van der Waals surface area contributed by atoms with Crippen LogP contribution < -0.4 is 11.1 Å². The van der Waals surface area contributed by atoms with E-state index in [0.29, 0.717) is 34.5 Å². The maximum absolute atomic E-state index is 14.4. The standard InChI is InChI=1S/C23H23FN6O2/c1-4-30-13-16(12-18(30)20(31)26-2)23(21(32)29(3)22(25)28-23)15-8-5-7-14(11-15)17-9-6-10-27-19(17)24/h5-13H,4H2,1-3H3,(H2,25,28)(H,26,31). The van der Waals surface area contributed by atoms with E-state index in [4.69, 9.17) is 5.73 Å². The fourth-order valence-corrected chi connectivity index (χ4v) is 3.99. The third-order valence-electron chi connectivity index (χ3n) is 5.71. The van der Waals surface area contributed by atoms with Crippen LogP contribution in [0.25, 0.3) is 11.1 Å². The summed E-state index contributed by atoms with van der Waals surface area (Å²) in [4.78, 5) is 35.5. The number of carbonyl (C=O) groups is 2. The third kappa shape index (κ3) is 3.13. The van der Waals surface area contributed by atoms with Gasteiger partial charge in [0.05, 0.1) is 0 Å². The van der Waals surface area contributed by atoms with Crippen molar-refractivity contribution >= 4 is 17.8 Å². The Morgan fingerprint density at radius 1 is 1.22 bits per heavy atom. The van der Waals surface area contributed by atoms with E-state index in [1.54, 1.807) is 67.3 Å². The minimum Gasteiger partial charge on any atom is -0.369 e. The predicted molar refractivity (Wildman–Crippen MR) is 118 cm³/mol. The summed E-state index contributed by atoms with van der Waals surface area (Å²) in [6, 6.07) is 11.8. The zero-order valence-electron chi connectivity index (χ0n) is 18.0. The Labute approximate surface area is 184 Å². The van der Waals surface area contributed by atoms with Gasteiger partial charge in [0.2, 0.25) is 5.95 Å². The number of hydrogen-bond donors (Lipinski definition) is 2. The number of carbonyl (C=O) groups excluding carboxylic acids is 2. The molecule has 2 amide bonds. The monoisotopic (exact) mass is 434 g/mol. The van der Waals surface area contributed by atoms with Gasteiger partial charge in [-0.1, -0.05) is 18.2 Å². The number of amides is 2. The van der Waals surface area contributed by atoms with Gasteiger partial charge in [-0.3, -0.25) is 14.5 Å². The highest BCUT2D eigenvalue weighted by Crippen LogP contribution is 2.41. The van der Waals surface area contributed by atoms with Crippen molar-refractivity contribution in [2.24, 2.45) is 10.7 Å². The van der Waals surface area contributed by atoms with Crippen LogP contribution in [0.5, 0.6) is 0 Å². The van der Waals surface area contributed by atoms with E-state index < -0.39 is 11.5 Å². The number of nitrogens with zero attached hydrogens (tertiary/aromatic N) is 4. The first-order chi connectivity index (χ1) is 15.3. The molecule has 1 aliphatic heterocycles. The maximum atomic E-state index is 14.4. The number of rotatable bonds is 5. The van der Waals surface area contributed by atoms with Gasteiger partial charge >= 0.3 is 0 Å². The highest BCUT2D eigenvalue weighted by atomic mass is 19.1. The molecule has 9 heteroatoms. The van der Waals surface area contributed by atoms with E-state index in [2.05, 4.69) is 15.3 Å². The molecule has 164 valence electrons. The molecule has 32 heavy (non-hydrogen) atoms. The molecule has 1 atom stereocenters. The number of halogens is 1.